The van der Waals surface area contributed by atoms with Crippen molar-refractivity contribution in [3.63, 3.8) is 0 Å². The van der Waals surface area contributed by atoms with Gasteiger partial charge >= 0.3 is 5.97 Å². The molecule has 0 aromatic carbocycles. The van der Waals surface area contributed by atoms with Gasteiger partial charge < -0.3 is 14.9 Å². The second kappa shape index (κ2) is 5.48. The maximum Gasteiger partial charge on any atom is 0.308 e. The fourth-order valence-electron chi connectivity index (χ4n) is 3.01. The highest BCUT2D eigenvalue weighted by molar-refractivity contribution is 7.90. The minimum Gasteiger partial charge on any atom is -0.481 e. The summed E-state index contributed by atoms with van der Waals surface area (Å²) in [6.45, 7) is 2.49. The van der Waals surface area contributed by atoms with E-state index < -0.39 is 21.9 Å². The van der Waals surface area contributed by atoms with Gasteiger partial charge in [-0.25, -0.2) is 8.42 Å². The molecule has 1 fully saturated rings. The Morgan fingerprint density at radius 2 is 2.09 bits per heavy atom. The van der Waals surface area contributed by atoms with Crippen molar-refractivity contribution in [3.8, 4) is 0 Å². The third-order valence-corrected chi connectivity index (χ3v) is 5.45. The molecule has 3 heterocycles. The van der Waals surface area contributed by atoms with Crippen molar-refractivity contribution in [1.82, 2.24) is 9.80 Å². The number of fused-ring (bicyclic) bond motifs is 1. The SMILES string of the molecule is C[C@@H]1CN(C(=O)C2=CC=CN3CCS(=O)(=O)N=C23)C[C@H]1C(=O)O. The molecule has 0 saturated carbocycles. The number of carboxylic acid groups (broad SMARTS) is 1. The van der Waals surface area contributed by atoms with Gasteiger partial charge in [0.25, 0.3) is 15.9 Å². The monoisotopic (exact) mass is 339 g/mol. The normalized spacial score (nSPS) is 28.9. The van der Waals surface area contributed by atoms with Gasteiger partial charge in [-0.3, -0.25) is 9.59 Å². The second-order valence-corrected chi connectivity index (χ2v) is 7.70. The van der Waals surface area contributed by atoms with Gasteiger partial charge in [0.2, 0.25) is 0 Å². The summed E-state index contributed by atoms with van der Waals surface area (Å²) < 4.78 is 27.2. The number of carboxylic acids is 1. The van der Waals surface area contributed by atoms with Crippen LogP contribution in [0.3, 0.4) is 0 Å². The highest BCUT2D eigenvalue weighted by Crippen LogP contribution is 2.26. The highest BCUT2D eigenvalue weighted by Gasteiger charge is 2.40. The van der Waals surface area contributed by atoms with Crippen LogP contribution in [0, 0.1) is 11.8 Å². The van der Waals surface area contributed by atoms with Gasteiger partial charge in [0.05, 0.1) is 17.2 Å². The number of sulfonamides is 1. The van der Waals surface area contributed by atoms with Gasteiger partial charge in [-0.15, -0.1) is 4.40 Å². The molecule has 3 aliphatic rings. The molecule has 124 valence electrons. The maximum absolute atomic E-state index is 12.7. The van der Waals surface area contributed by atoms with Crippen LogP contribution in [0.1, 0.15) is 6.92 Å². The summed E-state index contributed by atoms with van der Waals surface area (Å²) in [7, 11) is -3.57. The molecule has 2 atom stereocenters. The van der Waals surface area contributed by atoms with Crippen molar-refractivity contribution in [2.45, 2.75) is 6.92 Å². The van der Waals surface area contributed by atoms with Crippen LogP contribution in [0.25, 0.3) is 0 Å². The Labute approximate surface area is 133 Å². The van der Waals surface area contributed by atoms with E-state index in [0.717, 1.165) is 0 Å². The molecule has 3 aliphatic heterocycles. The largest absolute Gasteiger partial charge is 0.481 e. The highest BCUT2D eigenvalue weighted by atomic mass is 32.2. The molecule has 3 rings (SSSR count). The standard InChI is InChI=1S/C14H17N3O5S/c1-9-7-17(8-11(9)14(19)20)13(18)10-3-2-4-16-5-6-23(21,22)15-12(10)16/h2-4,9,11H,5-8H2,1H3,(H,19,20)/t9-,11-/m1/s1. The molecule has 0 spiro atoms. The van der Waals surface area contributed by atoms with Gasteiger partial charge in [-0.1, -0.05) is 6.92 Å². The average molecular weight is 339 g/mol. The zero-order valence-electron chi connectivity index (χ0n) is 12.5. The number of aliphatic carboxylic acids is 1. The summed E-state index contributed by atoms with van der Waals surface area (Å²) in [5.74, 6) is -2.04. The van der Waals surface area contributed by atoms with Crippen LogP contribution in [0.5, 0.6) is 0 Å². The Bertz CT molecular complexity index is 752. The van der Waals surface area contributed by atoms with Gasteiger partial charge in [0, 0.05) is 25.8 Å². The van der Waals surface area contributed by atoms with Crippen molar-refractivity contribution in [2.75, 3.05) is 25.4 Å². The third kappa shape index (κ3) is 2.88. The van der Waals surface area contributed by atoms with E-state index in [2.05, 4.69) is 4.40 Å². The zero-order valence-corrected chi connectivity index (χ0v) is 13.4. The topological polar surface area (TPSA) is 107 Å². The number of carbonyl (C=O) groups excluding carboxylic acids is 1. The molecule has 0 unspecified atom stereocenters. The van der Waals surface area contributed by atoms with E-state index in [1.54, 1.807) is 24.1 Å². The van der Waals surface area contributed by atoms with Crippen molar-refractivity contribution >= 4 is 27.7 Å². The number of likely N-dealkylation sites (tertiary alicyclic amines) is 1. The minimum absolute atomic E-state index is 0.0931. The number of allylic oxidation sites excluding steroid dienone is 2. The van der Waals surface area contributed by atoms with Crippen LogP contribution in [-0.4, -0.2) is 66.4 Å². The predicted octanol–water partition coefficient (Wildman–Crippen LogP) is -0.337. The lowest BCUT2D eigenvalue weighted by Gasteiger charge is -2.30. The van der Waals surface area contributed by atoms with Crippen molar-refractivity contribution < 1.29 is 23.1 Å². The Morgan fingerprint density at radius 3 is 2.74 bits per heavy atom. The average Bonchev–Trinajstić information content (AvgIpc) is 2.87. The lowest BCUT2D eigenvalue weighted by Crippen LogP contribution is -2.43. The number of amidine groups is 1. The molecule has 8 nitrogen and oxygen atoms in total. The second-order valence-electron chi connectivity index (χ2n) is 5.95. The molecular formula is C14H17N3O5S. The van der Waals surface area contributed by atoms with Crippen molar-refractivity contribution in [3.05, 3.63) is 23.9 Å². The maximum atomic E-state index is 12.7. The van der Waals surface area contributed by atoms with Crippen LogP contribution in [0.2, 0.25) is 0 Å². The minimum atomic E-state index is -3.57. The summed E-state index contributed by atoms with van der Waals surface area (Å²) in [6.07, 6.45) is 4.87. The predicted molar refractivity (Wildman–Crippen MR) is 82.0 cm³/mol. The summed E-state index contributed by atoms with van der Waals surface area (Å²) in [5.41, 5.74) is 0.189. The summed E-state index contributed by atoms with van der Waals surface area (Å²) in [5, 5.41) is 9.17. The van der Waals surface area contributed by atoms with Crippen LogP contribution < -0.4 is 0 Å². The van der Waals surface area contributed by atoms with E-state index in [9.17, 15) is 23.1 Å². The molecule has 1 amide bonds. The van der Waals surface area contributed by atoms with Gasteiger partial charge in [0.15, 0.2) is 5.84 Å². The molecular weight excluding hydrogens is 322 g/mol. The summed E-state index contributed by atoms with van der Waals surface area (Å²) in [4.78, 5) is 27.0. The molecule has 0 aromatic rings. The quantitative estimate of drug-likeness (QED) is 0.738. The van der Waals surface area contributed by atoms with Crippen LogP contribution in [0.15, 0.2) is 28.3 Å². The molecule has 1 saturated heterocycles. The lowest BCUT2D eigenvalue weighted by molar-refractivity contribution is -0.142. The summed E-state index contributed by atoms with van der Waals surface area (Å²) in [6, 6.07) is 0. The number of rotatable bonds is 2. The summed E-state index contributed by atoms with van der Waals surface area (Å²) >= 11 is 0. The molecule has 23 heavy (non-hydrogen) atoms. The number of nitrogens with zero attached hydrogens (tertiary/aromatic N) is 3. The van der Waals surface area contributed by atoms with E-state index >= 15 is 0 Å². The first kappa shape index (κ1) is 15.7. The lowest BCUT2D eigenvalue weighted by atomic mass is 9.99. The molecule has 0 radical (unpaired) electrons. The van der Waals surface area contributed by atoms with Gasteiger partial charge in [-0.2, -0.15) is 0 Å². The molecule has 0 bridgehead atoms. The number of amides is 1. The Morgan fingerprint density at radius 1 is 1.35 bits per heavy atom. The number of hydrogen-bond donors (Lipinski definition) is 1. The number of carbonyl (C=O) groups is 2. The van der Waals surface area contributed by atoms with Gasteiger partial charge in [-0.05, 0) is 18.1 Å². The molecule has 0 aromatic heterocycles. The Hall–Kier alpha value is -2.16. The Balaban J connectivity index is 1.88. The first-order valence-electron chi connectivity index (χ1n) is 7.29. The zero-order chi connectivity index (χ0) is 16.8. The fourth-order valence-corrected chi connectivity index (χ4v) is 3.99. The van der Waals surface area contributed by atoms with Crippen LogP contribution in [-0.2, 0) is 19.6 Å². The molecule has 1 N–H and O–H groups in total. The third-order valence-electron chi connectivity index (χ3n) is 4.30. The van der Waals surface area contributed by atoms with E-state index in [-0.39, 0.29) is 42.1 Å². The van der Waals surface area contributed by atoms with Crippen LogP contribution >= 0.6 is 0 Å². The van der Waals surface area contributed by atoms with Crippen molar-refractivity contribution in [2.24, 2.45) is 16.2 Å². The molecule has 0 aliphatic carbocycles. The van der Waals surface area contributed by atoms with E-state index in [4.69, 9.17) is 0 Å². The van der Waals surface area contributed by atoms with Crippen LogP contribution in [0.4, 0.5) is 0 Å². The van der Waals surface area contributed by atoms with Crippen molar-refractivity contribution in [1.29, 1.82) is 0 Å². The number of hydrogen-bond acceptors (Lipinski definition) is 5. The first-order chi connectivity index (χ1) is 10.8. The van der Waals surface area contributed by atoms with Gasteiger partial charge in [0.1, 0.15) is 0 Å². The van der Waals surface area contributed by atoms with E-state index in [1.807, 2.05) is 0 Å². The molecule has 9 heteroatoms. The Kier molecular flexibility index (Phi) is 3.75. The smallest absolute Gasteiger partial charge is 0.308 e. The van der Waals surface area contributed by atoms with E-state index in [1.165, 1.54) is 11.0 Å². The first-order valence-corrected chi connectivity index (χ1v) is 8.89. The fraction of sp³-hybridized carbons (Fsp3) is 0.500. The van der Waals surface area contributed by atoms with E-state index in [0.29, 0.717) is 6.54 Å².